The highest BCUT2D eigenvalue weighted by atomic mass is 16.2. The number of rotatable bonds is 7. The van der Waals surface area contributed by atoms with Crippen LogP contribution in [0.1, 0.15) is 63.4 Å². The van der Waals surface area contributed by atoms with Gasteiger partial charge in [0.1, 0.15) is 0 Å². The fourth-order valence-electron chi connectivity index (χ4n) is 4.47. The van der Waals surface area contributed by atoms with Crippen molar-refractivity contribution in [2.45, 2.75) is 64.3 Å². The van der Waals surface area contributed by atoms with E-state index in [4.69, 9.17) is 0 Å². The zero-order valence-electron chi connectivity index (χ0n) is 17.2. The number of allylic oxidation sites excluding steroid dienone is 1. The number of benzene rings is 1. The lowest BCUT2D eigenvalue weighted by atomic mass is 9.81. The van der Waals surface area contributed by atoms with Crippen LogP contribution < -0.4 is 5.32 Å². The van der Waals surface area contributed by atoms with Crippen molar-refractivity contribution in [3.8, 4) is 0 Å². The Morgan fingerprint density at radius 2 is 1.75 bits per heavy atom. The predicted molar refractivity (Wildman–Crippen MR) is 113 cm³/mol. The molecule has 1 aromatic rings. The number of nitrogens with one attached hydrogen (secondary N) is 1. The molecule has 0 spiro atoms. The average Bonchev–Trinajstić information content (AvgIpc) is 2.74. The molecule has 3 rings (SSSR count). The second-order valence-electron chi connectivity index (χ2n) is 8.38. The molecule has 0 aromatic heterocycles. The molecule has 2 amide bonds. The maximum absolute atomic E-state index is 12.7. The molecule has 0 atom stereocenters. The highest BCUT2D eigenvalue weighted by molar-refractivity contribution is 5.81. The van der Waals surface area contributed by atoms with Gasteiger partial charge in [0, 0.05) is 32.0 Å². The van der Waals surface area contributed by atoms with E-state index in [1.54, 1.807) is 0 Å². The van der Waals surface area contributed by atoms with Crippen molar-refractivity contribution in [2.24, 2.45) is 11.8 Å². The van der Waals surface area contributed by atoms with Gasteiger partial charge in [-0.2, -0.15) is 0 Å². The highest BCUT2D eigenvalue weighted by Crippen LogP contribution is 2.30. The van der Waals surface area contributed by atoms with Gasteiger partial charge in [-0.1, -0.05) is 42.0 Å². The quantitative estimate of drug-likeness (QED) is 0.708. The lowest BCUT2D eigenvalue weighted by Gasteiger charge is -2.30. The smallest absolute Gasteiger partial charge is 0.225 e. The monoisotopic (exact) mass is 382 g/mol. The second kappa shape index (κ2) is 10.4. The van der Waals surface area contributed by atoms with Gasteiger partial charge in [0.25, 0.3) is 0 Å². The molecule has 4 nitrogen and oxygen atoms in total. The average molecular weight is 383 g/mol. The van der Waals surface area contributed by atoms with Crippen LogP contribution in [0.5, 0.6) is 0 Å². The first-order chi connectivity index (χ1) is 13.6. The van der Waals surface area contributed by atoms with Gasteiger partial charge in [-0.25, -0.2) is 0 Å². The first kappa shape index (κ1) is 20.6. The molecule has 0 aliphatic heterocycles. The van der Waals surface area contributed by atoms with Gasteiger partial charge in [0.15, 0.2) is 0 Å². The molecule has 1 N–H and O–H groups in total. The summed E-state index contributed by atoms with van der Waals surface area (Å²) in [6, 6.07) is 10.1. The SMILES string of the molecule is CN(Cc1ccccc1)C(=O)C1CCC(C(=O)NCCC2=CCCCC2)CC1. The molecule has 0 heterocycles. The number of hydrogen-bond donors (Lipinski definition) is 1. The minimum absolute atomic E-state index is 0.0603. The predicted octanol–water partition coefficient (Wildman–Crippen LogP) is 4.46. The lowest BCUT2D eigenvalue weighted by Crippen LogP contribution is -2.38. The Bertz CT molecular complexity index is 675. The number of hydrogen-bond acceptors (Lipinski definition) is 2. The molecular weight excluding hydrogens is 348 g/mol. The number of carbonyl (C=O) groups is 2. The summed E-state index contributed by atoms with van der Waals surface area (Å²) in [5.74, 6) is 0.529. The van der Waals surface area contributed by atoms with E-state index in [-0.39, 0.29) is 23.7 Å². The molecule has 0 unspecified atom stereocenters. The molecule has 152 valence electrons. The summed E-state index contributed by atoms with van der Waals surface area (Å²) in [6.45, 7) is 1.40. The normalized spacial score (nSPS) is 22.2. The topological polar surface area (TPSA) is 49.4 Å². The standard InChI is InChI=1S/C24H34N2O2/c1-26(18-20-10-6-3-7-11-20)24(28)22-14-12-21(13-15-22)23(27)25-17-16-19-8-4-2-5-9-19/h3,6-8,10-11,21-22H,2,4-5,9,12-18H2,1H3,(H,25,27). The zero-order chi connectivity index (χ0) is 19.8. The van der Waals surface area contributed by atoms with Crippen LogP contribution in [0.2, 0.25) is 0 Å². The van der Waals surface area contributed by atoms with Crippen molar-refractivity contribution in [2.75, 3.05) is 13.6 Å². The Kier molecular flexibility index (Phi) is 7.70. The van der Waals surface area contributed by atoms with Crippen LogP contribution in [0.4, 0.5) is 0 Å². The molecular formula is C24H34N2O2. The van der Waals surface area contributed by atoms with Gasteiger partial charge in [-0.05, 0) is 63.4 Å². The van der Waals surface area contributed by atoms with Crippen LogP contribution in [0.15, 0.2) is 42.0 Å². The fourth-order valence-corrected chi connectivity index (χ4v) is 4.47. The Hall–Kier alpha value is -2.10. The summed E-state index contributed by atoms with van der Waals surface area (Å²) in [7, 11) is 1.88. The van der Waals surface area contributed by atoms with Crippen LogP contribution in [0.3, 0.4) is 0 Å². The van der Waals surface area contributed by atoms with E-state index in [2.05, 4.69) is 11.4 Å². The Balaban J connectivity index is 1.37. The highest BCUT2D eigenvalue weighted by Gasteiger charge is 2.31. The van der Waals surface area contributed by atoms with E-state index in [9.17, 15) is 9.59 Å². The molecule has 1 aromatic carbocycles. The summed E-state index contributed by atoms with van der Waals surface area (Å²) < 4.78 is 0. The summed E-state index contributed by atoms with van der Waals surface area (Å²) in [4.78, 5) is 27.0. The maximum atomic E-state index is 12.7. The molecule has 0 saturated heterocycles. The molecule has 1 saturated carbocycles. The third-order valence-electron chi connectivity index (χ3n) is 6.22. The lowest BCUT2D eigenvalue weighted by molar-refractivity contribution is -0.137. The van der Waals surface area contributed by atoms with Crippen molar-refractivity contribution >= 4 is 11.8 Å². The molecule has 0 bridgehead atoms. The van der Waals surface area contributed by atoms with Crippen molar-refractivity contribution in [1.82, 2.24) is 10.2 Å². The summed E-state index contributed by atoms with van der Waals surface area (Å²) in [6.07, 6.45) is 11.6. The molecule has 1 fully saturated rings. The minimum Gasteiger partial charge on any atom is -0.356 e. The van der Waals surface area contributed by atoms with Crippen LogP contribution in [-0.2, 0) is 16.1 Å². The maximum Gasteiger partial charge on any atom is 0.225 e. The zero-order valence-corrected chi connectivity index (χ0v) is 17.2. The molecule has 2 aliphatic rings. The molecule has 0 radical (unpaired) electrons. The van der Waals surface area contributed by atoms with Gasteiger partial charge < -0.3 is 10.2 Å². The Morgan fingerprint density at radius 3 is 2.43 bits per heavy atom. The van der Waals surface area contributed by atoms with E-state index in [1.165, 1.54) is 31.3 Å². The van der Waals surface area contributed by atoms with Crippen molar-refractivity contribution in [3.05, 3.63) is 47.5 Å². The van der Waals surface area contributed by atoms with E-state index < -0.39 is 0 Å². The van der Waals surface area contributed by atoms with Crippen LogP contribution >= 0.6 is 0 Å². The Morgan fingerprint density at radius 1 is 1.04 bits per heavy atom. The Labute approximate surface area is 169 Å². The number of nitrogens with zero attached hydrogens (tertiary/aromatic N) is 1. The van der Waals surface area contributed by atoms with Crippen LogP contribution in [0.25, 0.3) is 0 Å². The molecule has 2 aliphatic carbocycles. The van der Waals surface area contributed by atoms with Crippen molar-refractivity contribution in [3.63, 3.8) is 0 Å². The number of amides is 2. The molecule has 28 heavy (non-hydrogen) atoms. The summed E-state index contributed by atoms with van der Waals surface area (Å²) in [5, 5.41) is 3.12. The van der Waals surface area contributed by atoms with Crippen molar-refractivity contribution < 1.29 is 9.59 Å². The number of carbonyl (C=O) groups excluding carboxylic acids is 2. The first-order valence-electron chi connectivity index (χ1n) is 10.9. The van der Waals surface area contributed by atoms with Gasteiger partial charge >= 0.3 is 0 Å². The van der Waals surface area contributed by atoms with E-state index >= 15 is 0 Å². The third kappa shape index (κ3) is 5.95. The van der Waals surface area contributed by atoms with E-state index in [1.807, 2.05) is 42.3 Å². The fraction of sp³-hybridized carbons (Fsp3) is 0.583. The van der Waals surface area contributed by atoms with Gasteiger partial charge in [0.05, 0.1) is 0 Å². The third-order valence-corrected chi connectivity index (χ3v) is 6.22. The van der Waals surface area contributed by atoms with Crippen LogP contribution in [0, 0.1) is 11.8 Å². The minimum atomic E-state index is 0.0603. The summed E-state index contributed by atoms with van der Waals surface area (Å²) >= 11 is 0. The second-order valence-corrected chi connectivity index (χ2v) is 8.38. The largest absolute Gasteiger partial charge is 0.356 e. The summed E-state index contributed by atoms with van der Waals surface area (Å²) in [5.41, 5.74) is 2.65. The van der Waals surface area contributed by atoms with Gasteiger partial charge in [0.2, 0.25) is 11.8 Å². The first-order valence-corrected chi connectivity index (χ1v) is 10.9. The van der Waals surface area contributed by atoms with Crippen molar-refractivity contribution in [1.29, 1.82) is 0 Å². The van der Waals surface area contributed by atoms with E-state index in [0.717, 1.165) is 44.2 Å². The molecule has 4 heteroatoms. The van der Waals surface area contributed by atoms with Gasteiger partial charge in [-0.15, -0.1) is 0 Å². The van der Waals surface area contributed by atoms with E-state index in [0.29, 0.717) is 6.54 Å². The van der Waals surface area contributed by atoms with Gasteiger partial charge in [-0.3, -0.25) is 9.59 Å². The van der Waals surface area contributed by atoms with Crippen LogP contribution in [-0.4, -0.2) is 30.3 Å².